The van der Waals surface area contributed by atoms with Gasteiger partial charge in [0, 0.05) is 85.9 Å². The summed E-state index contributed by atoms with van der Waals surface area (Å²) in [5, 5.41) is 8.82. The Morgan fingerprint density at radius 2 is 1.16 bits per heavy atom. The van der Waals surface area contributed by atoms with Crippen molar-refractivity contribution >= 4 is 95.2 Å². The molecule has 0 amide bonds. The highest BCUT2D eigenvalue weighted by Gasteiger charge is 2.49. The van der Waals surface area contributed by atoms with E-state index in [1.807, 2.05) is 4.58 Å². The largest absolute Gasteiger partial charge is 0.748 e. The van der Waals surface area contributed by atoms with Crippen LogP contribution >= 0.6 is 0 Å². The molecule has 6 rings (SSSR count). The molecule has 24 nitrogen and oxygen atoms in total. The molecule has 0 aliphatic carbocycles. The molecule has 2 atom stereocenters. The lowest BCUT2D eigenvalue weighted by atomic mass is 9.75. The summed E-state index contributed by atoms with van der Waals surface area (Å²) in [4.78, 5) is 9.62. The quantitative estimate of drug-likeness (QED) is 0.0305. The van der Waals surface area contributed by atoms with Crippen LogP contribution in [0.3, 0.4) is 0 Å². The molecular formula is C52H62N2O22S5-4. The lowest BCUT2D eigenvalue weighted by Crippen LogP contribution is -2.33. The van der Waals surface area contributed by atoms with Crippen LogP contribution in [-0.4, -0.2) is 172 Å². The van der Waals surface area contributed by atoms with E-state index in [4.69, 9.17) is 23.7 Å². The molecule has 2 unspecified atom stereocenters. The number of rotatable bonds is 32. The number of fused-ring (bicyclic) bond motifs is 6. The Bertz CT molecular complexity index is 3730. The van der Waals surface area contributed by atoms with Gasteiger partial charge in [-0.1, -0.05) is 24.3 Å². The van der Waals surface area contributed by atoms with Gasteiger partial charge in [0.1, 0.15) is 47.0 Å². The van der Waals surface area contributed by atoms with E-state index in [1.54, 1.807) is 62.3 Å². The predicted molar refractivity (Wildman–Crippen MR) is 289 cm³/mol. The fourth-order valence-electron chi connectivity index (χ4n) is 10.5. The van der Waals surface area contributed by atoms with Crippen molar-refractivity contribution in [2.24, 2.45) is 0 Å². The predicted octanol–water partition coefficient (Wildman–Crippen LogP) is 4.44. The van der Waals surface area contributed by atoms with E-state index in [-0.39, 0.29) is 105 Å². The Hall–Kier alpha value is -5.09. The summed E-state index contributed by atoms with van der Waals surface area (Å²) in [5.41, 5.74) is -0.700. The van der Waals surface area contributed by atoms with Crippen molar-refractivity contribution in [1.29, 1.82) is 0 Å². The zero-order valence-electron chi connectivity index (χ0n) is 44.7. The first-order valence-electron chi connectivity index (χ1n) is 25.3. The van der Waals surface area contributed by atoms with E-state index in [1.165, 1.54) is 13.2 Å². The molecule has 1 N–H and O–H groups in total. The molecule has 4 aromatic carbocycles. The van der Waals surface area contributed by atoms with Crippen molar-refractivity contribution in [1.82, 2.24) is 0 Å². The molecule has 0 aromatic heterocycles. The minimum absolute atomic E-state index is 0.0122. The van der Waals surface area contributed by atoms with Crippen molar-refractivity contribution in [3.05, 3.63) is 95.7 Å². The number of benzene rings is 4. The van der Waals surface area contributed by atoms with Crippen LogP contribution in [0.25, 0.3) is 21.5 Å². The SMILES string of the molecule is COCCOCCOCCOCCC1(C)C(C=CC=CC=C2N(CCOC)c3cc(S(=O)(=O)[O-])c4ccc(S(=O)(=O)[O-])cc4c3C2(C)CCCS(=O)(=O)[O-])=[N+](CCCCCC(=O)O)c2ccc3c(S(=O)(=O)[O-])cc(S(=O)(=O)[O-])cc3c21. The number of carboxylic acids is 1. The van der Waals surface area contributed by atoms with Crippen LogP contribution in [-0.2, 0) is 89.9 Å². The molecule has 4 aromatic rings. The summed E-state index contributed by atoms with van der Waals surface area (Å²) in [5.74, 6) is -1.83. The molecule has 0 saturated heterocycles. The van der Waals surface area contributed by atoms with Gasteiger partial charge in [-0.05, 0) is 110 Å². The van der Waals surface area contributed by atoms with E-state index in [0.717, 1.165) is 30.3 Å². The third kappa shape index (κ3) is 15.8. The highest BCUT2D eigenvalue weighted by Crippen LogP contribution is 2.55. The summed E-state index contributed by atoms with van der Waals surface area (Å²) in [6.45, 7) is 5.26. The zero-order valence-corrected chi connectivity index (χ0v) is 48.8. The number of nitrogens with zero attached hydrogens (tertiary/aromatic N) is 2. The first-order chi connectivity index (χ1) is 37.9. The number of aliphatic carboxylic acids is 1. The van der Waals surface area contributed by atoms with Crippen molar-refractivity contribution in [2.75, 3.05) is 90.8 Å². The molecule has 0 fully saturated rings. The van der Waals surface area contributed by atoms with E-state index in [0.29, 0.717) is 67.8 Å². The first kappa shape index (κ1) is 65.1. The van der Waals surface area contributed by atoms with Gasteiger partial charge in [-0.3, -0.25) is 4.79 Å². The summed E-state index contributed by atoms with van der Waals surface area (Å²) >= 11 is 0. The maximum absolute atomic E-state index is 12.9. The van der Waals surface area contributed by atoms with Crippen LogP contribution in [0.4, 0.5) is 11.4 Å². The molecule has 81 heavy (non-hydrogen) atoms. The van der Waals surface area contributed by atoms with Crippen LogP contribution in [0.15, 0.2) is 104 Å². The van der Waals surface area contributed by atoms with Crippen LogP contribution in [0.5, 0.6) is 0 Å². The number of carboxylic acid groups (broad SMARTS) is 1. The highest BCUT2D eigenvalue weighted by atomic mass is 32.2. The molecule has 446 valence electrons. The topological polar surface area (TPSA) is 376 Å². The maximum Gasteiger partial charge on any atom is 0.303 e. The Morgan fingerprint density at radius 1 is 0.593 bits per heavy atom. The molecule has 2 aliphatic heterocycles. The Labute approximate surface area is 471 Å². The van der Waals surface area contributed by atoms with E-state index < -0.39 is 92.7 Å². The fourth-order valence-corrected chi connectivity index (χ4v) is 13.5. The van der Waals surface area contributed by atoms with Gasteiger partial charge in [0.25, 0.3) is 0 Å². The number of hydrogen-bond acceptors (Lipinski definition) is 22. The third-order valence-corrected chi connectivity index (χ3v) is 18.3. The normalized spacial score (nSPS) is 18.6. The van der Waals surface area contributed by atoms with Crippen LogP contribution in [0, 0.1) is 0 Å². The molecule has 0 radical (unpaired) electrons. The molecule has 0 saturated carbocycles. The van der Waals surface area contributed by atoms with Gasteiger partial charge in [-0.2, -0.15) is 4.58 Å². The lowest BCUT2D eigenvalue weighted by Gasteiger charge is -2.31. The zero-order chi connectivity index (χ0) is 59.8. The van der Waals surface area contributed by atoms with Crippen LogP contribution in [0.1, 0.15) is 69.9 Å². The van der Waals surface area contributed by atoms with Crippen molar-refractivity contribution in [2.45, 2.75) is 89.2 Å². The summed E-state index contributed by atoms with van der Waals surface area (Å²) < 4.78 is 217. The van der Waals surface area contributed by atoms with Gasteiger partial charge in [0.15, 0.2) is 5.71 Å². The van der Waals surface area contributed by atoms with E-state index in [9.17, 15) is 74.8 Å². The summed E-state index contributed by atoms with van der Waals surface area (Å²) in [6, 6.07) is 8.38. The van der Waals surface area contributed by atoms with Crippen LogP contribution < -0.4 is 4.90 Å². The first-order valence-corrected chi connectivity index (χ1v) is 32.5. The highest BCUT2D eigenvalue weighted by molar-refractivity contribution is 7.87. The second-order valence-electron chi connectivity index (χ2n) is 19.6. The summed E-state index contributed by atoms with van der Waals surface area (Å²) in [7, 11) is -23.1. The second kappa shape index (κ2) is 26.7. The average molecular weight is 1230 g/mol. The number of carbonyl (C=O) groups is 1. The Balaban J connectivity index is 1.52. The summed E-state index contributed by atoms with van der Waals surface area (Å²) in [6.07, 6.45) is 8.86. The monoisotopic (exact) mass is 1230 g/mol. The van der Waals surface area contributed by atoms with Crippen molar-refractivity contribution in [3.8, 4) is 0 Å². The molecule has 0 spiro atoms. The van der Waals surface area contributed by atoms with Gasteiger partial charge >= 0.3 is 5.97 Å². The minimum atomic E-state index is -5.40. The molecule has 0 bridgehead atoms. The number of ether oxygens (including phenoxy) is 5. The lowest BCUT2D eigenvalue weighted by molar-refractivity contribution is -0.438. The second-order valence-corrected chi connectivity index (χ2v) is 26.5. The van der Waals surface area contributed by atoms with E-state index >= 15 is 0 Å². The molecule has 29 heteroatoms. The van der Waals surface area contributed by atoms with Gasteiger partial charge in [0.2, 0.25) is 5.69 Å². The molecular weight excluding hydrogens is 1160 g/mol. The number of anilines is 1. The number of methoxy groups -OCH3 is 2. The number of unbranched alkanes of at least 4 members (excludes halogenated alkanes) is 2. The molecule has 2 aliphatic rings. The van der Waals surface area contributed by atoms with Gasteiger partial charge in [0.05, 0.1) is 81.4 Å². The maximum atomic E-state index is 12.9. The van der Waals surface area contributed by atoms with Gasteiger partial charge in [-0.15, -0.1) is 0 Å². The van der Waals surface area contributed by atoms with E-state index in [2.05, 4.69) is 0 Å². The van der Waals surface area contributed by atoms with Crippen molar-refractivity contribution in [3.63, 3.8) is 0 Å². The van der Waals surface area contributed by atoms with Crippen molar-refractivity contribution < 1.29 is 103 Å². The number of allylic oxidation sites excluding steroid dienone is 6. The fraction of sp³-hybridized carbons (Fsp3) is 0.462. The molecule has 2 heterocycles. The van der Waals surface area contributed by atoms with Gasteiger partial charge < -0.3 is 56.5 Å². The Kier molecular flexibility index (Phi) is 21.4. The smallest absolute Gasteiger partial charge is 0.303 e. The third-order valence-electron chi connectivity index (χ3n) is 14.1. The standard InChI is InChI=1S/C52H66N2O22S5/c1-51(19-11-31-77(57,58)59)46(54(22-24-72-3)43-35-45(81(69,70)71)38-16-15-36(78(60,61)62)32-40(38)50(43)51)12-7-5-8-13-47-52(2,20-23-74-27-28-76-30-29-75-26-25-73-4)49-41-33-37(79(63,64)65)34-44(80(66,67)68)39(41)17-18-42(49)53(47)21-10-6-9-14-48(55)56/h5,7-8,12-13,15-18,32-35H,6,9-11,14,19-31H2,1-4H3,(H5-,55,56,57,58,59,60,61,62,63,64,65,66,67,68,69,70,71)/p-4. The van der Waals surface area contributed by atoms with Gasteiger partial charge in [-0.25, -0.2) is 42.1 Å². The minimum Gasteiger partial charge on any atom is -0.748 e. The van der Waals surface area contributed by atoms with Crippen LogP contribution in [0.2, 0.25) is 0 Å². The number of hydrogen-bond donors (Lipinski definition) is 1. The Morgan fingerprint density at radius 3 is 1.74 bits per heavy atom. The average Bonchev–Trinajstić information content (AvgIpc) is 3.18.